The van der Waals surface area contributed by atoms with E-state index < -0.39 is 66.9 Å². The van der Waals surface area contributed by atoms with E-state index in [9.17, 15) is 39.7 Å². The Morgan fingerprint density at radius 3 is 2.35 bits per heavy atom. The lowest BCUT2D eigenvalue weighted by Crippen LogP contribution is -2.36. The summed E-state index contributed by atoms with van der Waals surface area (Å²) in [6.07, 6.45) is -3.93. The number of fused-ring (bicyclic) bond motifs is 1. The first-order valence-corrected chi connectivity index (χ1v) is 14.4. The number of nitrogens with zero attached hydrogens (tertiary/aromatic N) is 2. The van der Waals surface area contributed by atoms with Gasteiger partial charge < -0.3 is 0 Å². The lowest BCUT2D eigenvalue weighted by molar-refractivity contribution is 0.0228. The summed E-state index contributed by atoms with van der Waals surface area (Å²) in [5, 5.41) is 9.52. The lowest BCUT2D eigenvalue weighted by Gasteiger charge is -2.31. The molecule has 0 fully saturated rings. The predicted octanol–water partition coefficient (Wildman–Crippen LogP) is 5.14. The second-order valence-corrected chi connectivity index (χ2v) is 12.9. The summed E-state index contributed by atoms with van der Waals surface area (Å²) < 4.78 is 112. The van der Waals surface area contributed by atoms with E-state index in [1.165, 1.54) is 24.3 Å². The van der Waals surface area contributed by atoms with Gasteiger partial charge in [0.15, 0.2) is 0 Å². The van der Waals surface area contributed by atoms with Crippen LogP contribution in [0.2, 0.25) is 0 Å². The molecule has 1 aliphatic carbocycles. The maximum Gasteiger partial charge on any atom is 0.267 e. The van der Waals surface area contributed by atoms with Crippen LogP contribution >= 0.6 is 15.9 Å². The normalized spacial score (nSPS) is 17.9. The fourth-order valence-corrected chi connectivity index (χ4v) is 7.27. The Hall–Kier alpha value is -2.89. The number of sulfonamides is 1. The van der Waals surface area contributed by atoms with Gasteiger partial charge in [0.1, 0.15) is 21.9 Å². The number of alkyl halides is 2. The van der Waals surface area contributed by atoms with E-state index in [4.69, 9.17) is 0 Å². The van der Waals surface area contributed by atoms with Crippen LogP contribution in [0.5, 0.6) is 0 Å². The maximum atomic E-state index is 14.4. The summed E-state index contributed by atoms with van der Waals surface area (Å²) in [5.41, 5.74) is -2.63. The van der Waals surface area contributed by atoms with Crippen LogP contribution in [-0.2, 0) is 32.9 Å². The summed E-state index contributed by atoms with van der Waals surface area (Å²) in [6.45, 7) is 1.72. The van der Waals surface area contributed by atoms with Gasteiger partial charge in [0.25, 0.3) is 26.5 Å². The topological polar surface area (TPSA) is 109 Å². The van der Waals surface area contributed by atoms with E-state index >= 15 is 0 Å². The van der Waals surface area contributed by atoms with Gasteiger partial charge in [-0.15, -0.1) is 0 Å². The SMILES string of the molecule is Cc1ccc(S(=O)(=O)n2cc(S(=O)(=O)Nc3cc(F)c(Br)cc3F)c3c2C[C@](C#N)(C(F)F)CC3)cc1. The molecular formula is C23H18BrF4N3O4S2. The predicted molar refractivity (Wildman–Crippen MR) is 129 cm³/mol. The second kappa shape index (κ2) is 9.45. The molecule has 1 heterocycles. The molecule has 0 bridgehead atoms. The number of nitrogens with one attached hydrogen (secondary N) is 1. The summed E-state index contributed by atoms with van der Waals surface area (Å²) in [6, 6.07) is 8.44. The van der Waals surface area contributed by atoms with E-state index in [1.54, 1.807) is 13.0 Å². The standard InChI is InChI=1S/C23H18BrF4N3O4S2/c1-13-2-4-14(5-3-13)37(34,35)31-11-21(15-6-7-23(12-29,22(27)28)10-20(15)31)36(32,33)30-19-9-17(25)16(24)8-18(19)26/h2-5,8-9,11,22,30H,6-7,10H2,1H3/t23-/m1/s1. The Labute approximate surface area is 219 Å². The van der Waals surface area contributed by atoms with Crippen molar-refractivity contribution in [3.8, 4) is 6.07 Å². The molecule has 0 saturated carbocycles. The Morgan fingerprint density at radius 1 is 1.11 bits per heavy atom. The van der Waals surface area contributed by atoms with Crippen molar-refractivity contribution >= 4 is 41.7 Å². The van der Waals surface area contributed by atoms with E-state index in [0.29, 0.717) is 16.1 Å². The molecule has 4 rings (SSSR count). The Kier molecular flexibility index (Phi) is 6.93. The first kappa shape index (κ1) is 27.2. The van der Waals surface area contributed by atoms with Crippen molar-refractivity contribution in [2.24, 2.45) is 5.41 Å². The van der Waals surface area contributed by atoms with Crippen LogP contribution in [0.15, 0.2) is 56.9 Å². The number of rotatable bonds is 6. The third kappa shape index (κ3) is 4.75. The van der Waals surface area contributed by atoms with E-state index in [2.05, 4.69) is 15.9 Å². The second-order valence-electron chi connectivity index (χ2n) is 8.63. The first-order valence-electron chi connectivity index (χ1n) is 10.6. The van der Waals surface area contributed by atoms with Crippen LogP contribution in [-0.4, -0.2) is 27.2 Å². The number of hydrogen-bond donors (Lipinski definition) is 1. The Bertz CT molecular complexity index is 1650. The van der Waals surface area contributed by atoms with Crippen molar-refractivity contribution in [1.82, 2.24) is 3.97 Å². The molecule has 0 aliphatic heterocycles. The van der Waals surface area contributed by atoms with Gasteiger partial charge in [-0.25, -0.2) is 38.4 Å². The molecule has 7 nitrogen and oxygen atoms in total. The summed E-state index contributed by atoms with van der Waals surface area (Å²) in [4.78, 5) is -0.847. The Morgan fingerprint density at radius 2 is 1.76 bits per heavy atom. The van der Waals surface area contributed by atoms with Gasteiger partial charge in [-0.3, -0.25) is 4.72 Å². The van der Waals surface area contributed by atoms with Crippen LogP contribution in [0, 0.1) is 35.3 Å². The highest BCUT2D eigenvalue weighted by Crippen LogP contribution is 2.43. The van der Waals surface area contributed by atoms with Crippen molar-refractivity contribution < 1.29 is 34.4 Å². The van der Waals surface area contributed by atoms with Crippen LogP contribution in [0.25, 0.3) is 0 Å². The van der Waals surface area contributed by atoms with Gasteiger partial charge in [0.2, 0.25) is 0 Å². The first-order chi connectivity index (χ1) is 17.2. The zero-order valence-corrected chi connectivity index (χ0v) is 22.2. The van der Waals surface area contributed by atoms with Crippen LogP contribution in [0.4, 0.5) is 23.2 Å². The molecule has 14 heteroatoms. The quantitative estimate of drug-likeness (QED) is 0.304. The average Bonchev–Trinajstić information content (AvgIpc) is 3.23. The van der Waals surface area contributed by atoms with Gasteiger partial charge in [-0.1, -0.05) is 17.7 Å². The van der Waals surface area contributed by atoms with Crippen LogP contribution in [0.1, 0.15) is 23.2 Å². The summed E-state index contributed by atoms with van der Waals surface area (Å²) >= 11 is 2.78. The number of benzene rings is 2. The zero-order valence-electron chi connectivity index (χ0n) is 19.0. The van der Waals surface area contributed by atoms with Gasteiger partial charge >= 0.3 is 0 Å². The molecule has 0 unspecified atom stereocenters. The monoisotopic (exact) mass is 619 g/mol. The fraction of sp³-hybridized carbons (Fsp3) is 0.261. The highest BCUT2D eigenvalue weighted by molar-refractivity contribution is 9.10. The summed E-state index contributed by atoms with van der Waals surface area (Å²) in [7, 11) is -9.21. The third-order valence-electron chi connectivity index (χ3n) is 6.21. The molecule has 3 aromatic rings. The zero-order chi connectivity index (χ0) is 27.3. The highest BCUT2D eigenvalue weighted by Gasteiger charge is 2.47. The third-order valence-corrected chi connectivity index (χ3v) is 9.95. The molecule has 1 N–H and O–H groups in total. The highest BCUT2D eigenvalue weighted by atomic mass is 79.9. The lowest BCUT2D eigenvalue weighted by atomic mass is 9.75. The molecule has 1 atom stereocenters. The van der Waals surface area contributed by atoms with E-state index in [0.717, 1.165) is 11.8 Å². The van der Waals surface area contributed by atoms with Gasteiger partial charge in [-0.05, 0) is 59.5 Å². The number of halogens is 5. The minimum atomic E-state index is -4.73. The van der Waals surface area contributed by atoms with Crippen molar-refractivity contribution in [3.05, 3.63) is 75.5 Å². The summed E-state index contributed by atoms with van der Waals surface area (Å²) in [5.74, 6) is -2.07. The van der Waals surface area contributed by atoms with Crippen molar-refractivity contribution in [2.45, 2.75) is 42.4 Å². The number of hydrogen-bond acceptors (Lipinski definition) is 5. The van der Waals surface area contributed by atoms with Gasteiger partial charge in [0.05, 0.1) is 21.1 Å². The van der Waals surface area contributed by atoms with E-state index in [1.807, 2.05) is 4.72 Å². The van der Waals surface area contributed by atoms with Gasteiger partial charge in [-0.2, -0.15) is 5.26 Å². The Balaban J connectivity index is 1.91. The molecule has 1 aliphatic rings. The molecule has 0 saturated heterocycles. The number of anilines is 1. The molecular weight excluding hydrogens is 602 g/mol. The minimum Gasteiger partial charge on any atom is -0.276 e. The molecule has 0 spiro atoms. The van der Waals surface area contributed by atoms with E-state index in [-0.39, 0.29) is 27.0 Å². The van der Waals surface area contributed by atoms with Crippen LogP contribution in [0.3, 0.4) is 0 Å². The molecule has 1 aromatic heterocycles. The van der Waals surface area contributed by atoms with Crippen molar-refractivity contribution in [1.29, 1.82) is 5.26 Å². The fourth-order valence-electron chi connectivity index (χ4n) is 4.13. The van der Waals surface area contributed by atoms with Crippen LogP contribution < -0.4 is 4.72 Å². The molecule has 196 valence electrons. The smallest absolute Gasteiger partial charge is 0.267 e. The van der Waals surface area contributed by atoms with Gasteiger partial charge in [0, 0.05) is 24.4 Å². The number of aromatic nitrogens is 1. The number of nitriles is 1. The largest absolute Gasteiger partial charge is 0.276 e. The van der Waals surface area contributed by atoms with Crippen molar-refractivity contribution in [2.75, 3.05) is 4.72 Å². The molecule has 2 aromatic carbocycles. The average molecular weight is 620 g/mol. The number of aryl methyl sites for hydroxylation is 1. The molecule has 37 heavy (non-hydrogen) atoms. The van der Waals surface area contributed by atoms with Crippen molar-refractivity contribution in [3.63, 3.8) is 0 Å². The molecule has 0 radical (unpaired) electrons. The maximum absolute atomic E-state index is 14.4. The minimum absolute atomic E-state index is 0.104. The molecule has 0 amide bonds.